The van der Waals surface area contributed by atoms with E-state index in [0.29, 0.717) is 6.42 Å². The Morgan fingerprint density at radius 2 is 1.83 bits per heavy atom. The zero-order chi connectivity index (χ0) is 18.7. The second-order valence-corrected chi connectivity index (χ2v) is 5.48. The van der Waals surface area contributed by atoms with Gasteiger partial charge in [0.1, 0.15) is 12.0 Å². The monoisotopic (exact) mass is 345 g/mol. The molecule has 2 atom stereocenters. The van der Waals surface area contributed by atoms with Gasteiger partial charge in [-0.25, -0.2) is 4.79 Å². The Morgan fingerprint density at radius 3 is 2.17 bits per heavy atom. The number of aliphatic hydroxyl groups is 3. The quantitative estimate of drug-likeness (QED) is 0.514. The van der Waals surface area contributed by atoms with Gasteiger partial charge < -0.3 is 25.8 Å². The van der Waals surface area contributed by atoms with E-state index in [1.807, 2.05) is 20.8 Å². The van der Waals surface area contributed by atoms with Crippen LogP contribution in [0.4, 0.5) is 5.82 Å². The normalized spacial score (nSPS) is 13.5. The van der Waals surface area contributed by atoms with Crippen LogP contribution < -0.4 is 11.4 Å². The van der Waals surface area contributed by atoms with Crippen molar-refractivity contribution in [3.63, 3.8) is 0 Å². The third kappa shape index (κ3) is 7.87. The third-order valence-electron chi connectivity index (χ3n) is 3.76. The second-order valence-electron chi connectivity index (χ2n) is 5.48. The molecule has 1 rings (SSSR count). The van der Waals surface area contributed by atoms with Crippen molar-refractivity contribution in [3.05, 3.63) is 22.7 Å². The number of ether oxygens (including phenoxy) is 1. The smallest absolute Gasteiger partial charge is 0.351 e. The number of anilines is 1. The van der Waals surface area contributed by atoms with Crippen molar-refractivity contribution in [1.29, 1.82) is 0 Å². The van der Waals surface area contributed by atoms with Gasteiger partial charge >= 0.3 is 5.69 Å². The summed E-state index contributed by atoms with van der Waals surface area (Å²) in [5, 5.41) is 26.1. The number of hydrogen-bond donors (Lipinski definition) is 4. The maximum atomic E-state index is 11.5. The molecule has 0 radical (unpaired) electrons. The molecule has 0 bridgehead atoms. The van der Waals surface area contributed by atoms with E-state index in [1.165, 1.54) is 16.8 Å². The fraction of sp³-hybridized carbons (Fsp3) is 0.750. The fourth-order valence-electron chi connectivity index (χ4n) is 2.03. The summed E-state index contributed by atoms with van der Waals surface area (Å²) >= 11 is 0. The SMILES string of the molecule is CCC(CC)C(O)O.CCC(CO)OC(C)n1ccc(N)nc1=O. The van der Waals surface area contributed by atoms with Gasteiger partial charge in [0.25, 0.3) is 0 Å². The van der Waals surface area contributed by atoms with Crippen LogP contribution in [0.3, 0.4) is 0 Å². The molecule has 0 aliphatic carbocycles. The lowest BCUT2D eigenvalue weighted by Crippen LogP contribution is -2.30. The van der Waals surface area contributed by atoms with Crippen LogP contribution >= 0.6 is 0 Å². The molecule has 0 aliphatic rings. The Labute approximate surface area is 142 Å². The van der Waals surface area contributed by atoms with Crippen LogP contribution in [-0.4, -0.2) is 43.9 Å². The lowest BCUT2D eigenvalue weighted by atomic mass is 10.0. The summed E-state index contributed by atoms with van der Waals surface area (Å²) in [4.78, 5) is 15.1. The summed E-state index contributed by atoms with van der Waals surface area (Å²) in [6.07, 6.45) is 2.02. The second kappa shape index (κ2) is 12.0. The van der Waals surface area contributed by atoms with Crippen molar-refractivity contribution in [1.82, 2.24) is 9.55 Å². The van der Waals surface area contributed by atoms with Gasteiger partial charge in [0, 0.05) is 12.1 Å². The lowest BCUT2D eigenvalue weighted by molar-refractivity contribution is -0.0853. The highest BCUT2D eigenvalue weighted by Crippen LogP contribution is 2.10. The highest BCUT2D eigenvalue weighted by Gasteiger charge is 2.13. The molecule has 1 aromatic rings. The zero-order valence-corrected chi connectivity index (χ0v) is 14.9. The predicted octanol–water partition coefficient (Wildman–Crippen LogP) is 0.865. The Balaban J connectivity index is 0.000000561. The van der Waals surface area contributed by atoms with Crippen molar-refractivity contribution in [2.24, 2.45) is 5.92 Å². The van der Waals surface area contributed by atoms with Crippen molar-refractivity contribution >= 4 is 5.82 Å². The van der Waals surface area contributed by atoms with Crippen molar-refractivity contribution < 1.29 is 20.1 Å². The first kappa shape index (κ1) is 22.5. The van der Waals surface area contributed by atoms with E-state index < -0.39 is 18.2 Å². The van der Waals surface area contributed by atoms with Gasteiger partial charge in [-0.15, -0.1) is 0 Å². The van der Waals surface area contributed by atoms with Crippen LogP contribution in [0.1, 0.15) is 53.2 Å². The van der Waals surface area contributed by atoms with Gasteiger partial charge in [0.05, 0.1) is 12.7 Å². The maximum Gasteiger partial charge on any atom is 0.351 e. The van der Waals surface area contributed by atoms with E-state index in [9.17, 15) is 4.79 Å². The first-order valence-electron chi connectivity index (χ1n) is 8.27. The molecule has 0 spiro atoms. The molecule has 2 unspecified atom stereocenters. The Morgan fingerprint density at radius 1 is 1.25 bits per heavy atom. The minimum absolute atomic E-state index is 0.0648. The molecule has 0 amide bonds. The van der Waals surface area contributed by atoms with E-state index in [4.69, 9.17) is 25.8 Å². The predicted molar refractivity (Wildman–Crippen MR) is 92.2 cm³/mol. The molecule has 1 aromatic heterocycles. The highest BCUT2D eigenvalue weighted by molar-refractivity contribution is 5.23. The number of hydrogen-bond acceptors (Lipinski definition) is 7. The molecule has 8 heteroatoms. The van der Waals surface area contributed by atoms with Crippen LogP contribution in [0.5, 0.6) is 0 Å². The molecule has 0 saturated heterocycles. The number of nitrogen functional groups attached to an aromatic ring is 1. The molecule has 8 nitrogen and oxygen atoms in total. The maximum absolute atomic E-state index is 11.5. The zero-order valence-electron chi connectivity index (χ0n) is 14.9. The van der Waals surface area contributed by atoms with Gasteiger partial charge in [-0.1, -0.05) is 20.8 Å². The van der Waals surface area contributed by atoms with Gasteiger partial charge in [0.2, 0.25) is 0 Å². The molecule has 0 fully saturated rings. The first-order valence-corrected chi connectivity index (χ1v) is 8.27. The third-order valence-corrected chi connectivity index (χ3v) is 3.76. The van der Waals surface area contributed by atoms with Crippen LogP contribution in [0.15, 0.2) is 17.1 Å². The largest absolute Gasteiger partial charge is 0.394 e. The van der Waals surface area contributed by atoms with Crippen molar-refractivity contribution in [3.8, 4) is 0 Å². The molecule has 0 aliphatic heterocycles. The minimum Gasteiger partial charge on any atom is -0.394 e. The molecule has 5 N–H and O–H groups in total. The lowest BCUT2D eigenvalue weighted by Gasteiger charge is -2.20. The van der Waals surface area contributed by atoms with E-state index in [0.717, 1.165) is 12.8 Å². The van der Waals surface area contributed by atoms with Gasteiger partial charge in [-0.3, -0.25) is 4.57 Å². The molecule has 1 heterocycles. The van der Waals surface area contributed by atoms with Crippen LogP contribution in [0.2, 0.25) is 0 Å². The molecule has 0 saturated carbocycles. The van der Waals surface area contributed by atoms with E-state index in [-0.39, 0.29) is 24.4 Å². The van der Waals surface area contributed by atoms with Crippen LogP contribution in [0.25, 0.3) is 0 Å². The molecule has 140 valence electrons. The fourth-order valence-corrected chi connectivity index (χ4v) is 2.03. The Hall–Kier alpha value is -1.48. The van der Waals surface area contributed by atoms with Gasteiger partial charge in [-0.2, -0.15) is 4.98 Å². The number of nitrogens with two attached hydrogens (primary N) is 1. The van der Waals surface area contributed by atoms with Crippen molar-refractivity contribution in [2.45, 2.75) is 65.6 Å². The van der Waals surface area contributed by atoms with Crippen molar-refractivity contribution in [2.75, 3.05) is 12.3 Å². The highest BCUT2D eigenvalue weighted by atomic mass is 16.5. The van der Waals surface area contributed by atoms with E-state index in [1.54, 1.807) is 6.92 Å². The summed E-state index contributed by atoms with van der Waals surface area (Å²) in [5.74, 6) is 0.248. The van der Waals surface area contributed by atoms with Crippen LogP contribution in [0, 0.1) is 5.92 Å². The minimum atomic E-state index is -1.12. The number of nitrogens with zero attached hydrogens (tertiary/aromatic N) is 2. The molecule has 0 aromatic carbocycles. The standard InChI is InChI=1S/C10H17N3O3.C6H14O2/c1-3-8(6-14)16-7(2)13-5-4-9(11)12-10(13)15;1-3-5(4-2)6(7)8/h4-5,7-8,14H,3,6H2,1-2H3,(H2,11,12,15);5-8H,3-4H2,1-2H3. The molecule has 24 heavy (non-hydrogen) atoms. The average molecular weight is 345 g/mol. The Bertz CT molecular complexity index is 499. The number of aliphatic hydroxyl groups excluding tert-OH is 2. The molecular formula is C16H31N3O5. The summed E-state index contributed by atoms with van der Waals surface area (Å²) in [6.45, 7) is 7.45. The van der Waals surface area contributed by atoms with E-state index >= 15 is 0 Å². The number of aromatic nitrogens is 2. The average Bonchev–Trinajstić information content (AvgIpc) is 2.53. The summed E-state index contributed by atoms with van der Waals surface area (Å²) in [7, 11) is 0. The summed E-state index contributed by atoms with van der Waals surface area (Å²) < 4.78 is 6.82. The van der Waals surface area contributed by atoms with Crippen LogP contribution in [-0.2, 0) is 4.74 Å². The van der Waals surface area contributed by atoms with E-state index in [2.05, 4.69) is 4.98 Å². The first-order chi connectivity index (χ1) is 11.3. The summed E-state index contributed by atoms with van der Waals surface area (Å²) in [5.41, 5.74) is 4.92. The number of rotatable bonds is 8. The van der Waals surface area contributed by atoms with Gasteiger partial charge in [-0.05, 0) is 32.3 Å². The Kier molecular flexibility index (Phi) is 11.2. The van der Waals surface area contributed by atoms with Gasteiger partial charge in [0.15, 0.2) is 6.29 Å². The molecular weight excluding hydrogens is 314 g/mol. The summed E-state index contributed by atoms with van der Waals surface area (Å²) in [6, 6.07) is 1.53. The topological polar surface area (TPSA) is 131 Å².